The molecule has 1 aliphatic heterocycles. The van der Waals surface area contributed by atoms with Gasteiger partial charge in [-0.05, 0) is 27.7 Å². The van der Waals surface area contributed by atoms with Gasteiger partial charge in [0.1, 0.15) is 0 Å². The molecule has 0 amide bonds. The van der Waals surface area contributed by atoms with Crippen molar-refractivity contribution in [3.8, 4) is 0 Å². The molecule has 0 aromatic heterocycles. The second-order valence-electron chi connectivity index (χ2n) is 4.99. The highest BCUT2D eigenvalue weighted by Gasteiger charge is 2.20. The van der Waals surface area contributed by atoms with Crippen LogP contribution in [0.5, 0.6) is 0 Å². The fourth-order valence-electron chi connectivity index (χ4n) is 1.83. The highest BCUT2D eigenvalue weighted by Crippen LogP contribution is 2.10. The summed E-state index contributed by atoms with van der Waals surface area (Å²) in [5, 5.41) is 0. The minimum atomic E-state index is -0.253. The molecular formula is C12H25N3O2. The van der Waals surface area contributed by atoms with Crippen LogP contribution in [0, 0.1) is 0 Å². The van der Waals surface area contributed by atoms with Crippen LogP contribution in [-0.2, 0) is 9.47 Å². The third kappa shape index (κ3) is 4.91. The SMILES string of the molecule is CCOC(C)(C)CN=C(N)N1CCOC(C)C1. The van der Waals surface area contributed by atoms with Gasteiger partial charge in [0.15, 0.2) is 5.96 Å². The highest BCUT2D eigenvalue weighted by molar-refractivity contribution is 5.78. The van der Waals surface area contributed by atoms with E-state index in [1.807, 2.05) is 27.7 Å². The van der Waals surface area contributed by atoms with Gasteiger partial charge in [0.25, 0.3) is 0 Å². The summed E-state index contributed by atoms with van der Waals surface area (Å²) < 4.78 is 11.0. The van der Waals surface area contributed by atoms with Crippen molar-refractivity contribution in [1.82, 2.24) is 4.90 Å². The Hall–Kier alpha value is -0.810. The molecule has 0 spiro atoms. The van der Waals surface area contributed by atoms with E-state index >= 15 is 0 Å². The average molecular weight is 243 g/mol. The predicted molar refractivity (Wildman–Crippen MR) is 69.2 cm³/mol. The first-order valence-electron chi connectivity index (χ1n) is 6.25. The monoisotopic (exact) mass is 243 g/mol. The first kappa shape index (κ1) is 14.3. The van der Waals surface area contributed by atoms with E-state index < -0.39 is 0 Å². The minimum Gasteiger partial charge on any atom is -0.375 e. The standard InChI is InChI=1S/C12H25N3O2/c1-5-17-12(3,4)9-14-11(13)15-6-7-16-10(2)8-15/h10H,5-9H2,1-4H3,(H2,13,14). The Labute approximate surface area is 104 Å². The Balaban J connectivity index is 2.48. The van der Waals surface area contributed by atoms with Gasteiger partial charge in [0.05, 0.1) is 24.9 Å². The number of hydrogen-bond acceptors (Lipinski definition) is 3. The van der Waals surface area contributed by atoms with Crippen LogP contribution in [0.1, 0.15) is 27.7 Å². The van der Waals surface area contributed by atoms with Crippen molar-refractivity contribution >= 4 is 5.96 Å². The largest absolute Gasteiger partial charge is 0.375 e. The molecule has 1 rings (SSSR count). The predicted octanol–water partition coefficient (Wildman–Crippen LogP) is 0.837. The van der Waals surface area contributed by atoms with Crippen LogP contribution in [0.15, 0.2) is 4.99 Å². The maximum atomic E-state index is 5.98. The van der Waals surface area contributed by atoms with Gasteiger partial charge in [0, 0.05) is 19.7 Å². The van der Waals surface area contributed by atoms with Crippen LogP contribution >= 0.6 is 0 Å². The maximum absolute atomic E-state index is 5.98. The van der Waals surface area contributed by atoms with Gasteiger partial charge < -0.3 is 20.1 Å². The maximum Gasteiger partial charge on any atom is 0.191 e. The zero-order valence-corrected chi connectivity index (χ0v) is 11.4. The van der Waals surface area contributed by atoms with E-state index in [2.05, 4.69) is 9.89 Å². The molecule has 17 heavy (non-hydrogen) atoms. The number of hydrogen-bond donors (Lipinski definition) is 1. The Morgan fingerprint density at radius 3 is 2.88 bits per heavy atom. The Morgan fingerprint density at radius 2 is 2.29 bits per heavy atom. The van der Waals surface area contributed by atoms with E-state index in [0.29, 0.717) is 25.7 Å². The van der Waals surface area contributed by atoms with Crippen molar-refractivity contribution in [2.24, 2.45) is 10.7 Å². The quantitative estimate of drug-likeness (QED) is 0.587. The topological polar surface area (TPSA) is 60.1 Å². The Kier molecular flexibility index (Phi) is 5.21. The fraction of sp³-hybridized carbons (Fsp3) is 0.917. The molecule has 1 fully saturated rings. The van der Waals surface area contributed by atoms with Crippen molar-refractivity contribution in [3.63, 3.8) is 0 Å². The molecule has 0 aromatic carbocycles. The molecule has 1 unspecified atom stereocenters. The van der Waals surface area contributed by atoms with Gasteiger partial charge in [-0.2, -0.15) is 0 Å². The number of morpholine rings is 1. The Morgan fingerprint density at radius 1 is 1.59 bits per heavy atom. The Bertz CT molecular complexity index is 266. The number of guanidine groups is 1. The van der Waals surface area contributed by atoms with Crippen LogP contribution in [0.25, 0.3) is 0 Å². The first-order valence-corrected chi connectivity index (χ1v) is 6.25. The van der Waals surface area contributed by atoms with E-state index in [4.69, 9.17) is 15.2 Å². The van der Waals surface area contributed by atoms with Crippen LogP contribution in [0.3, 0.4) is 0 Å². The summed E-state index contributed by atoms with van der Waals surface area (Å²) in [4.78, 5) is 6.48. The van der Waals surface area contributed by atoms with E-state index in [-0.39, 0.29) is 11.7 Å². The summed E-state index contributed by atoms with van der Waals surface area (Å²) in [6, 6.07) is 0. The fourth-order valence-corrected chi connectivity index (χ4v) is 1.83. The zero-order valence-electron chi connectivity index (χ0n) is 11.4. The molecular weight excluding hydrogens is 218 g/mol. The van der Waals surface area contributed by atoms with Crippen molar-refractivity contribution in [2.45, 2.75) is 39.4 Å². The summed E-state index contributed by atoms with van der Waals surface area (Å²) in [7, 11) is 0. The molecule has 0 bridgehead atoms. The number of nitrogens with zero attached hydrogens (tertiary/aromatic N) is 2. The lowest BCUT2D eigenvalue weighted by atomic mass is 10.1. The summed E-state index contributed by atoms with van der Waals surface area (Å²) in [6.45, 7) is 11.7. The minimum absolute atomic E-state index is 0.220. The van der Waals surface area contributed by atoms with Gasteiger partial charge in [-0.1, -0.05) is 0 Å². The number of aliphatic imine (C=N–C) groups is 1. The van der Waals surface area contributed by atoms with Gasteiger partial charge >= 0.3 is 0 Å². The third-order valence-corrected chi connectivity index (χ3v) is 2.72. The smallest absolute Gasteiger partial charge is 0.191 e. The molecule has 2 N–H and O–H groups in total. The molecule has 100 valence electrons. The zero-order chi connectivity index (χ0) is 12.9. The lowest BCUT2D eigenvalue weighted by molar-refractivity contribution is -0.00397. The van der Waals surface area contributed by atoms with Gasteiger partial charge in [-0.3, -0.25) is 4.99 Å². The van der Waals surface area contributed by atoms with Crippen LogP contribution in [0.2, 0.25) is 0 Å². The van der Waals surface area contributed by atoms with Crippen molar-refractivity contribution in [2.75, 3.05) is 32.8 Å². The second kappa shape index (κ2) is 6.21. The molecule has 0 radical (unpaired) electrons. The third-order valence-electron chi connectivity index (χ3n) is 2.72. The van der Waals surface area contributed by atoms with Gasteiger partial charge in [0.2, 0.25) is 0 Å². The summed E-state index contributed by atoms with van der Waals surface area (Å²) >= 11 is 0. The number of nitrogens with two attached hydrogens (primary N) is 1. The molecule has 5 nitrogen and oxygen atoms in total. The molecule has 0 saturated carbocycles. The molecule has 1 atom stereocenters. The second-order valence-corrected chi connectivity index (χ2v) is 4.99. The number of rotatable bonds is 4. The normalized spacial score (nSPS) is 22.9. The molecule has 1 aliphatic rings. The molecule has 0 aliphatic carbocycles. The van der Waals surface area contributed by atoms with Gasteiger partial charge in [-0.15, -0.1) is 0 Å². The first-order chi connectivity index (χ1) is 7.94. The van der Waals surface area contributed by atoms with E-state index in [1.165, 1.54) is 0 Å². The van der Waals surface area contributed by atoms with Crippen molar-refractivity contribution < 1.29 is 9.47 Å². The molecule has 1 saturated heterocycles. The summed E-state index contributed by atoms with van der Waals surface area (Å²) in [5.41, 5.74) is 5.73. The van der Waals surface area contributed by atoms with Gasteiger partial charge in [-0.25, -0.2) is 0 Å². The van der Waals surface area contributed by atoms with E-state index in [9.17, 15) is 0 Å². The van der Waals surface area contributed by atoms with E-state index in [0.717, 1.165) is 13.1 Å². The van der Waals surface area contributed by atoms with Crippen molar-refractivity contribution in [1.29, 1.82) is 0 Å². The average Bonchev–Trinajstić information content (AvgIpc) is 2.26. The van der Waals surface area contributed by atoms with Crippen LogP contribution in [0.4, 0.5) is 0 Å². The molecule has 5 heteroatoms. The highest BCUT2D eigenvalue weighted by atomic mass is 16.5. The van der Waals surface area contributed by atoms with E-state index in [1.54, 1.807) is 0 Å². The van der Waals surface area contributed by atoms with Crippen molar-refractivity contribution in [3.05, 3.63) is 0 Å². The lowest BCUT2D eigenvalue weighted by Gasteiger charge is -2.32. The lowest BCUT2D eigenvalue weighted by Crippen LogP contribution is -2.48. The van der Waals surface area contributed by atoms with Crippen LogP contribution in [-0.4, -0.2) is 55.4 Å². The summed E-state index contributed by atoms with van der Waals surface area (Å²) in [6.07, 6.45) is 0.220. The molecule has 1 heterocycles. The molecule has 0 aromatic rings. The summed E-state index contributed by atoms with van der Waals surface area (Å²) in [5.74, 6) is 0.591. The van der Waals surface area contributed by atoms with Crippen LogP contribution < -0.4 is 5.73 Å². The number of ether oxygens (including phenoxy) is 2.